The van der Waals surface area contributed by atoms with Gasteiger partial charge < -0.3 is 4.74 Å². The van der Waals surface area contributed by atoms with E-state index in [1.54, 1.807) is 6.20 Å². The van der Waals surface area contributed by atoms with Crippen molar-refractivity contribution in [3.05, 3.63) is 45.5 Å². The van der Waals surface area contributed by atoms with E-state index in [2.05, 4.69) is 36.8 Å². The molecular weight excluding hydrogens is 346 g/mol. The van der Waals surface area contributed by atoms with Crippen LogP contribution in [0, 0.1) is 0 Å². The Balaban J connectivity index is 2.53. The number of ether oxygens (including phenoxy) is 1. The summed E-state index contributed by atoms with van der Waals surface area (Å²) in [4.78, 5) is 4.37. The average Bonchev–Trinajstić information content (AvgIpc) is 2.33. The number of allylic oxidation sites excluding steroid dienone is 1. The smallest absolute Gasteiger partial charge is 0.160 e. The molecule has 0 saturated carbocycles. The number of pyridine rings is 1. The molecule has 2 rings (SSSR count). The Labute approximate surface area is 117 Å². The van der Waals surface area contributed by atoms with Crippen molar-refractivity contribution in [2.45, 2.75) is 6.92 Å². The van der Waals surface area contributed by atoms with E-state index in [0.29, 0.717) is 6.61 Å². The molecule has 0 saturated heterocycles. The second-order valence-corrected chi connectivity index (χ2v) is 5.16. The van der Waals surface area contributed by atoms with Crippen LogP contribution >= 0.6 is 31.9 Å². The van der Waals surface area contributed by atoms with Gasteiger partial charge in [-0.1, -0.05) is 34.1 Å². The number of aromatic nitrogens is 1. The zero-order valence-electron chi connectivity index (χ0n) is 9.28. The van der Waals surface area contributed by atoms with Crippen LogP contribution in [0.3, 0.4) is 0 Å². The minimum atomic E-state index is 0.544. The highest BCUT2D eigenvalue weighted by molar-refractivity contribution is 9.11. The topological polar surface area (TPSA) is 22.1 Å². The number of hydrogen-bond donors (Lipinski definition) is 0. The molecule has 0 N–H and O–H groups in total. The molecule has 0 amide bonds. The van der Waals surface area contributed by atoms with Crippen molar-refractivity contribution in [3.63, 3.8) is 0 Å². The zero-order chi connectivity index (χ0) is 12.3. The van der Waals surface area contributed by atoms with Crippen molar-refractivity contribution < 1.29 is 4.74 Å². The van der Waals surface area contributed by atoms with Gasteiger partial charge in [0.15, 0.2) is 5.75 Å². The lowest BCUT2D eigenvalue weighted by Crippen LogP contribution is -1.96. The summed E-state index contributed by atoms with van der Waals surface area (Å²) in [5.41, 5.74) is 0.859. The monoisotopic (exact) mass is 355 g/mol. The lowest BCUT2D eigenvalue weighted by atomic mass is 10.2. The van der Waals surface area contributed by atoms with E-state index in [0.717, 1.165) is 25.6 Å². The Kier molecular flexibility index (Phi) is 4.18. The van der Waals surface area contributed by atoms with Gasteiger partial charge in [0.25, 0.3) is 0 Å². The van der Waals surface area contributed by atoms with Gasteiger partial charge in [-0.25, -0.2) is 0 Å². The maximum Gasteiger partial charge on any atom is 0.160 e. The Morgan fingerprint density at radius 2 is 2.18 bits per heavy atom. The van der Waals surface area contributed by atoms with Crippen molar-refractivity contribution in [3.8, 4) is 5.75 Å². The minimum Gasteiger partial charge on any atom is -0.486 e. The molecule has 1 heterocycles. The summed E-state index contributed by atoms with van der Waals surface area (Å²) < 4.78 is 7.64. The maximum absolute atomic E-state index is 5.73. The van der Waals surface area contributed by atoms with Gasteiger partial charge in [-0.3, -0.25) is 4.98 Å². The fourth-order valence-corrected chi connectivity index (χ4v) is 2.90. The first-order chi connectivity index (χ1) is 8.24. The molecule has 0 aliphatic rings. The van der Waals surface area contributed by atoms with Crippen LogP contribution in [-0.4, -0.2) is 11.6 Å². The van der Waals surface area contributed by atoms with Crippen LogP contribution in [0.5, 0.6) is 5.75 Å². The van der Waals surface area contributed by atoms with Crippen molar-refractivity contribution in [2.24, 2.45) is 0 Å². The second-order valence-electron chi connectivity index (χ2n) is 3.45. The van der Waals surface area contributed by atoms with E-state index in [-0.39, 0.29) is 0 Å². The highest BCUT2D eigenvalue weighted by Gasteiger charge is 2.11. The zero-order valence-corrected chi connectivity index (χ0v) is 12.5. The summed E-state index contributed by atoms with van der Waals surface area (Å²) in [6.07, 6.45) is 5.69. The molecule has 0 unspecified atom stereocenters. The van der Waals surface area contributed by atoms with Crippen LogP contribution in [0.2, 0.25) is 0 Å². The molecule has 0 bridgehead atoms. The molecule has 0 radical (unpaired) electrons. The van der Waals surface area contributed by atoms with Crippen LogP contribution in [-0.2, 0) is 0 Å². The van der Waals surface area contributed by atoms with E-state index in [1.807, 2.05) is 37.3 Å². The molecule has 0 atom stereocenters. The molecule has 0 spiro atoms. The Hall–Kier alpha value is -0.870. The summed E-state index contributed by atoms with van der Waals surface area (Å²) in [6.45, 7) is 2.51. The fraction of sp³-hybridized carbons (Fsp3) is 0.154. The third-order valence-corrected chi connectivity index (χ3v) is 3.56. The van der Waals surface area contributed by atoms with Gasteiger partial charge in [-0.05, 0) is 35.0 Å². The highest BCUT2D eigenvalue weighted by Crippen LogP contribution is 2.37. The summed E-state index contributed by atoms with van der Waals surface area (Å²) in [7, 11) is 0. The van der Waals surface area contributed by atoms with E-state index in [9.17, 15) is 0 Å². The van der Waals surface area contributed by atoms with Crippen LogP contribution in [0.1, 0.15) is 6.92 Å². The molecule has 17 heavy (non-hydrogen) atoms. The van der Waals surface area contributed by atoms with Crippen LogP contribution in [0.15, 0.2) is 45.5 Å². The molecule has 88 valence electrons. The predicted molar refractivity (Wildman–Crippen MR) is 77.5 cm³/mol. The van der Waals surface area contributed by atoms with E-state index in [1.165, 1.54) is 0 Å². The van der Waals surface area contributed by atoms with Gasteiger partial charge >= 0.3 is 0 Å². The lowest BCUT2D eigenvalue weighted by Gasteiger charge is -2.10. The van der Waals surface area contributed by atoms with Gasteiger partial charge in [0.2, 0.25) is 0 Å². The van der Waals surface area contributed by atoms with Crippen molar-refractivity contribution in [1.29, 1.82) is 0 Å². The van der Waals surface area contributed by atoms with Crippen molar-refractivity contribution in [1.82, 2.24) is 4.98 Å². The maximum atomic E-state index is 5.73. The third-order valence-electron chi connectivity index (χ3n) is 2.31. The molecule has 2 aromatic rings. The SMILES string of the molecule is C/C=C/COc1c(Br)cc(Br)c2cccnc12. The fourth-order valence-electron chi connectivity index (χ4n) is 1.51. The first kappa shape index (κ1) is 12.6. The van der Waals surface area contributed by atoms with Gasteiger partial charge in [-0.2, -0.15) is 0 Å². The van der Waals surface area contributed by atoms with Crippen LogP contribution in [0.25, 0.3) is 10.9 Å². The quantitative estimate of drug-likeness (QED) is 0.742. The summed E-state index contributed by atoms with van der Waals surface area (Å²) in [6, 6.07) is 5.91. The third kappa shape index (κ3) is 2.69. The van der Waals surface area contributed by atoms with E-state index in [4.69, 9.17) is 4.74 Å². The second kappa shape index (κ2) is 5.65. The lowest BCUT2D eigenvalue weighted by molar-refractivity contribution is 0.364. The standard InChI is InChI=1S/C13H11Br2NO/c1-2-3-7-17-13-11(15)8-10(14)9-5-4-6-16-12(9)13/h2-6,8H,7H2,1H3/b3-2+. The number of halogens is 2. The van der Waals surface area contributed by atoms with E-state index >= 15 is 0 Å². The van der Waals surface area contributed by atoms with E-state index < -0.39 is 0 Å². The Bertz CT molecular complexity index is 567. The summed E-state index contributed by atoms with van der Waals surface area (Å²) >= 11 is 7.03. The first-order valence-electron chi connectivity index (χ1n) is 5.20. The van der Waals surface area contributed by atoms with Crippen molar-refractivity contribution in [2.75, 3.05) is 6.61 Å². The summed E-state index contributed by atoms with van der Waals surface area (Å²) in [5.74, 6) is 0.780. The molecular formula is C13H11Br2NO. The normalized spacial score (nSPS) is 11.2. The van der Waals surface area contributed by atoms with Gasteiger partial charge in [0, 0.05) is 16.1 Å². The molecule has 1 aromatic heterocycles. The average molecular weight is 357 g/mol. The number of nitrogens with zero attached hydrogens (tertiary/aromatic N) is 1. The van der Waals surface area contributed by atoms with Gasteiger partial charge in [0.1, 0.15) is 12.1 Å². The summed E-state index contributed by atoms with van der Waals surface area (Å²) in [5, 5.41) is 1.05. The predicted octanol–water partition coefficient (Wildman–Crippen LogP) is 4.71. The van der Waals surface area contributed by atoms with Gasteiger partial charge in [0.05, 0.1) is 4.47 Å². The van der Waals surface area contributed by atoms with Crippen LogP contribution in [0.4, 0.5) is 0 Å². The number of hydrogen-bond acceptors (Lipinski definition) is 2. The number of rotatable bonds is 3. The highest BCUT2D eigenvalue weighted by atomic mass is 79.9. The Morgan fingerprint density at radius 3 is 2.94 bits per heavy atom. The van der Waals surface area contributed by atoms with Crippen LogP contribution < -0.4 is 4.74 Å². The largest absolute Gasteiger partial charge is 0.486 e. The molecule has 0 aliphatic carbocycles. The van der Waals surface area contributed by atoms with Gasteiger partial charge in [-0.15, -0.1) is 0 Å². The Morgan fingerprint density at radius 1 is 1.35 bits per heavy atom. The minimum absolute atomic E-state index is 0.544. The molecule has 2 nitrogen and oxygen atoms in total. The first-order valence-corrected chi connectivity index (χ1v) is 6.79. The molecule has 4 heteroatoms. The number of benzene rings is 1. The molecule has 0 aliphatic heterocycles. The molecule has 0 fully saturated rings. The number of fused-ring (bicyclic) bond motifs is 1. The molecule has 1 aromatic carbocycles. The van der Waals surface area contributed by atoms with Crippen molar-refractivity contribution >= 4 is 42.8 Å².